The number of pyridine rings is 1. The van der Waals surface area contributed by atoms with Crippen LogP contribution in [0.25, 0.3) is 11.1 Å². The minimum absolute atomic E-state index is 0.169. The predicted molar refractivity (Wildman–Crippen MR) is 134 cm³/mol. The Morgan fingerprint density at radius 1 is 0.857 bits per heavy atom. The highest BCUT2D eigenvalue weighted by atomic mass is 16.5. The molecule has 2 amide bonds. The summed E-state index contributed by atoms with van der Waals surface area (Å²) in [5.41, 5.74) is 4.00. The van der Waals surface area contributed by atoms with E-state index in [2.05, 4.69) is 15.6 Å². The molecule has 176 valence electrons. The fourth-order valence-electron chi connectivity index (χ4n) is 3.42. The Morgan fingerprint density at radius 2 is 1.63 bits per heavy atom. The number of anilines is 1. The summed E-state index contributed by atoms with van der Waals surface area (Å²) in [6.07, 6.45) is 3.41. The topological polar surface area (TPSA) is 89.6 Å². The van der Waals surface area contributed by atoms with Gasteiger partial charge in [-0.1, -0.05) is 48.5 Å². The first-order valence-electron chi connectivity index (χ1n) is 11.1. The van der Waals surface area contributed by atoms with Gasteiger partial charge in [0.2, 0.25) is 5.91 Å². The van der Waals surface area contributed by atoms with Crippen LogP contribution in [0.5, 0.6) is 11.5 Å². The van der Waals surface area contributed by atoms with Gasteiger partial charge in [0.25, 0.3) is 5.91 Å². The molecule has 3 aromatic carbocycles. The maximum atomic E-state index is 12.5. The third-order valence-electron chi connectivity index (χ3n) is 5.23. The zero-order valence-corrected chi connectivity index (χ0v) is 19.2. The van der Waals surface area contributed by atoms with Gasteiger partial charge in [-0.3, -0.25) is 14.6 Å². The van der Waals surface area contributed by atoms with E-state index in [1.165, 1.54) is 0 Å². The van der Waals surface area contributed by atoms with E-state index < -0.39 is 0 Å². The smallest absolute Gasteiger partial charge is 0.251 e. The Balaban J connectivity index is 1.32. The summed E-state index contributed by atoms with van der Waals surface area (Å²) in [7, 11) is 1.55. The summed E-state index contributed by atoms with van der Waals surface area (Å²) in [4.78, 5) is 29.0. The van der Waals surface area contributed by atoms with Crippen molar-refractivity contribution < 1.29 is 19.1 Å². The number of ether oxygens (including phenoxy) is 2. The molecule has 0 aliphatic heterocycles. The number of benzene rings is 3. The highest BCUT2D eigenvalue weighted by Crippen LogP contribution is 2.31. The number of amides is 2. The molecule has 1 heterocycles. The molecule has 0 aliphatic carbocycles. The molecule has 0 fully saturated rings. The Kier molecular flexibility index (Phi) is 7.70. The molecule has 0 spiro atoms. The minimum Gasteiger partial charge on any atom is -0.493 e. The molecular weight excluding hydrogens is 442 g/mol. The molecule has 0 atom stereocenters. The molecule has 4 rings (SSSR count). The lowest BCUT2D eigenvalue weighted by atomic mass is 10.0. The van der Waals surface area contributed by atoms with Crippen LogP contribution in [0.1, 0.15) is 15.9 Å². The van der Waals surface area contributed by atoms with Crippen molar-refractivity contribution in [1.29, 1.82) is 0 Å². The largest absolute Gasteiger partial charge is 0.493 e. The third kappa shape index (κ3) is 6.45. The number of aromatic nitrogens is 1. The summed E-state index contributed by atoms with van der Waals surface area (Å²) < 4.78 is 11.2. The van der Waals surface area contributed by atoms with Gasteiger partial charge in [0.1, 0.15) is 6.61 Å². The van der Waals surface area contributed by atoms with Crippen LogP contribution in [0.15, 0.2) is 97.3 Å². The fraction of sp³-hybridized carbons (Fsp3) is 0.107. The van der Waals surface area contributed by atoms with Gasteiger partial charge in [-0.2, -0.15) is 0 Å². The molecule has 4 aromatic rings. The van der Waals surface area contributed by atoms with Crippen molar-refractivity contribution >= 4 is 17.5 Å². The molecule has 7 heteroatoms. The Morgan fingerprint density at radius 3 is 2.34 bits per heavy atom. The van der Waals surface area contributed by atoms with E-state index in [0.29, 0.717) is 29.4 Å². The zero-order valence-electron chi connectivity index (χ0n) is 19.2. The van der Waals surface area contributed by atoms with Crippen molar-refractivity contribution in [3.63, 3.8) is 0 Å². The summed E-state index contributed by atoms with van der Waals surface area (Å²) >= 11 is 0. The Labute approximate surface area is 203 Å². The van der Waals surface area contributed by atoms with E-state index in [1.807, 2.05) is 54.6 Å². The maximum Gasteiger partial charge on any atom is 0.251 e. The molecular formula is C28H25N3O4. The van der Waals surface area contributed by atoms with E-state index in [1.54, 1.807) is 49.8 Å². The van der Waals surface area contributed by atoms with Gasteiger partial charge < -0.3 is 20.1 Å². The fourth-order valence-corrected chi connectivity index (χ4v) is 3.42. The second-order valence-corrected chi connectivity index (χ2v) is 7.69. The summed E-state index contributed by atoms with van der Waals surface area (Å²) in [5, 5.41) is 5.42. The van der Waals surface area contributed by atoms with Crippen molar-refractivity contribution in [3.8, 4) is 22.6 Å². The Hall–Kier alpha value is -4.65. The van der Waals surface area contributed by atoms with Crippen LogP contribution >= 0.6 is 0 Å². The number of hydrogen-bond donors (Lipinski definition) is 2. The normalized spacial score (nSPS) is 10.3. The molecule has 0 saturated heterocycles. The number of methoxy groups -OCH3 is 1. The van der Waals surface area contributed by atoms with Gasteiger partial charge in [0.05, 0.1) is 13.7 Å². The SMILES string of the molecule is COc1ccc(NC(=O)CNC(=O)c2ccc(-c3ccccc3)cc2)cc1OCc1cccnc1. The van der Waals surface area contributed by atoms with Crippen LogP contribution < -0.4 is 20.1 Å². The molecule has 0 unspecified atom stereocenters. The summed E-state index contributed by atoms with van der Waals surface area (Å²) in [6.45, 7) is 0.137. The number of carbonyl (C=O) groups excluding carboxylic acids is 2. The van der Waals surface area contributed by atoms with Crippen molar-refractivity contribution in [2.75, 3.05) is 19.0 Å². The van der Waals surface area contributed by atoms with Crippen LogP contribution in [0.4, 0.5) is 5.69 Å². The van der Waals surface area contributed by atoms with Crippen LogP contribution in [0.2, 0.25) is 0 Å². The molecule has 0 radical (unpaired) electrons. The molecule has 0 aliphatic rings. The second-order valence-electron chi connectivity index (χ2n) is 7.69. The molecule has 7 nitrogen and oxygen atoms in total. The molecule has 1 aromatic heterocycles. The average molecular weight is 468 g/mol. The van der Waals surface area contributed by atoms with E-state index in [0.717, 1.165) is 16.7 Å². The van der Waals surface area contributed by atoms with Gasteiger partial charge in [0.15, 0.2) is 11.5 Å². The van der Waals surface area contributed by atoms with Crippen molar-refractivity contribution in [2.45, 2.75) is 6.61 Å². The monoisotopic (exact) mass is 467 g/mol. The van der Waals surface area contributed by atoms with Crippen molar-refractivity contribution in [2.24, 2.45) is 0 Å². The first-order chi connectivity index (χ1) is 17.1. The number of hydrogen-bond acceptors (Lipinski definition) is 5. The van der Waals surface area contributed by atoms with E-state index in [-0.39, 0.29) is 18.4 Å². The number of nitrogens with one attached hydrogen (secondary N) is 2. The molecule has 0 bridgehead atoms. The lowest BCUT2D eigenvalue weighted by Gasteiger charge is -2.13. The first kappa shape index (κ1) is 23.5. The lowest BCUT2D eigenvalue weighted by Crippen LogP contribution is -2.32. The second kappa shape index (κ2) is 11.5. The summed E-state index contributed by atoms with van der Waals surface area (Å²) in [5.74, 6) is 0.341. The minimum atomic E-state index is -0.359. The van der Waals surface area contributed by atoms with E-state index in [4.69, 9.17) is 9.47 Å². The standard InChI is InChI=1S/C28H25N3O4/c1-34-25-14-13-24(16-26(25)35-19-20-6-5-15-29-17-20)31-27(32)18-30-28(33)23-11-9-22(10-12-23)21-7-3-2-4-8-21/h2-17H,18-19H2,1H3,(H,30,33)(H,31,32). The Bertz CT molecular complexity index is 1280. The number of carbonyl (C=O) groups is 2. The number of nitrogens with zero attached hydrogens (tertiary/aromatic N) is 1. The lowest BCUT2D eigenvalue weighted by molar-refractivity contribution is -0.115. The van der Waals surface area contributed by atoms with Gasteiger partial charge in [-0.25, -0.2) is 0 Å². The maximum absolute atomic E-state index is 12.5. The van der Waals surface area contributed by atoms with Crippen LogP contribution in [-0.2, 0) is 11.4 Å². The molecule has 0 saturated carbocycles. The highest BCUT2D eigenvalue weighted by molar-refractivity contribution is 5.99. The van der Waals surface area contributed by atoms with Crippen LogP contribution in [0.3, 0.4) is 0 Å². The average Bonchev–Trinajstić information content (AvgIpc) is 2.92. The van der Waals surface area contributed by atoms with E-state index in [9.17, 15) is 9.59 Å². The quantitative estimate of drug-likeness (QED) is 0.372. The number of rotatable bonds is 9. The van der Waals surface area contributed by atoms with Crippen LogP contribution in [-0.4, -0.2) is 30.5 Å². The van der Waals surface area contributed by atoms with Gasteiger partial charge in [0, 0.05) is 35.3 Å². The van der Waals surface area contributed by atoms with Crippen LogP contribution in [0, 0.1) is 0 Å². The predicted octanol–water partition coefficient (Wildman–Crippen LogP) is 4.70. The van der Waals surface area contributed by atoms with Gasteiger partial charge in [-0.15, -0.1) is 0 Å². The van der Waals surface area contributed by atoms with Gasteiger partial charge in [-0.05, 0) is 41.5 Å². The molecule has 35 heavy (non-hydrogen) atoms. The summed E-state index contributed by atoms with van der Waals surface area (Å²) in [6, 6.07) is 26.0. The zero-order chi connectivity index (χ0) is 24.5. The van der Waals surface area contributed by atoms with Crippen molar-refractivity contribution in [3.05, 3.63) is 108 Å². The van der Waals surface area contributed by atoms with Crippen molar-refractivity contribution in [1.82, 2.24) is 10.3 Å². The first-order valence-corrected chi connectivity index (χ1v) is 11.1. The highest BCUT2D eigenvalue weighted by Gasteiger charge is 2.11. The van der Waals surface area contributed by atoms with Gasteiger partial charge >= 0.3 is 0 Å². The molecule has 2 N–H and O–H groups in total. The van der Waals surface area contributed by atoms with E-state index >= 15 is 0 Å². The third-order valence-corrected chi connectivity index (χ3v) is 5.23.